The third-order valence-electron chi connectivity index (χ3n) is 16.0. The van der Waals surface area contributed by atoms with E-state index in [1.165, 1.54) is 0 Å². The molecule has 15 rings (SSSR count). The van der Waals surface area contributed by atoms with E-state index in [2.05, 4.69) is 257 Å². The van der Waals surface area contributed by atoms with Gasteiger partial charge in [0.05, 0.1) is 11.1 Å². The van der Waals surface area contributed by atoms with E-state index in [1.807, 2.05) is 54.6 Å². The molecule has 14 aromatic carbocycles. The van der Waals surface area contributed by atoms with E-state index in [1.54, 1.807) is 0 Å². The van der Waals surface area contributed by atoms with Crippen LogP contribution in [0.15, 0.2) is 297 Å². The zero-order chi connectivity index (χ0) is 54.7. The van der Waals surface area contributed by atoms with Crippen molar-refractivity contribution in [2.45, 2.75) is 0 Å². The molecule has 0 aliphatic carbocycles. The molecule has 0 radical (unpaired) electrons. The van der Waals surface area contributed by atoms with Crippen LogP contribution in [0.25, 0.3) is 76.5 Å². The molecule has 0 amide bonds. The average Bonchev–Trinajstić information content (AvgIpc) is 1.02. The van der Waals surface area contributed by atoms with Crippen LogP contribution in [-0.2, 0) is 4.74 Å². The smallest absolute Gasteiger partial charge is 0.346 e. The van der Waals surface area contributed by atoms with Gasteiger partial charge in [-0.15, -0.1) is 0 Å². The normalized spacial score (nSPS) is 12.0. The fraction of sp³-hybridized carbons (Fsp3) is 0. The van der Waals surface area contributed by atoms with Crippen molar-refractivity contribution in [3.63, 3.8) is 0 Å². The summed E-state index contributed by atoms with van der Waals surface area (Å²) in [6.45, 7) is 0. The number of hydrogen-bond acceptors (Lipinski definition) is 6. The van der Waals surface area contributed by atoms with Crippen LogP contribution in [0.3, 0.4) is 0 Å². The largest absolute Gasteiger partial charge is 0.386 e. The van der Waals surface area contributed by atoms with Crippen molar-refractivity contribution in [2.75, 3.05) is 14.7 Å². The maximum atomic E-state index is 14.1. The van der Waals surface area contributed by atoms with E-state index in [4.69, 9.17) is 4.74 Å². The molecule has 6 nitrogen and oxygen atoms in total. The molecule has 0 atom stereocenters. The lowest BCUT2D eigenvalue weighted by atomic mass is 9.80. The second-order valence-electron chi connectivity index (χ2n) is 20.7. The molecule has 0 N–H and O–H groups in total. The van der Waals surface area contributed by atoms with Gasteiger partial charge in [0.15, 0.2) is 0 Å². The Morgan fingerprint density at radius 3 is 0.854 bits per heavy atom. The molecule has 0 spiro atoms. The molecule has 386 valence electrons. The molecule has 0 saturated heterocycles. The van der Waals surface area contributed by atoms with E-state index in [0.717, 1.165) is 122 Å². The number of fused-ring (bicyclic) bond motifs is 2. The maximum absolute atomic E-state index is 14.1. The molecular formula is C76H49N3O3. The van der Waals surface area contributed by atoms with Gasteiger partial charge in [-0.05, 0) is 192 Å². The van der Waals surface area contributed by atoms with Crippen molar-refractivity contribution in [3.8, 4) is 33.4 Å². The Hall–Kier alpha value is -11.1. The van der Waals surface area contributed by atoms with E-state index in [9.17, 15) is 9.59 Å². The summed E-state index contributed by atoms with van der Waals surface area (Å²) in [7, 11) is 0. The van der Waals surface area contributed by atoms with Gasteiger partial charge < -0.3 is 19.4 Å². The van der Waals surface area contributed by atoms with Crippen LogP contribution in [0.4, 0.5) is 51.2 Å². The van der Waals surface area contributed by atoms with E-state index in [-0.39, 0.29) is 0 Å². The number of ether oxygens (including phenoxy) is 1. The number of rotatable bonds is 12. The molecule has 0 bridgehead atoms. The summed E-state index contributed by atoms with van der Waals surface area (Å²) in [6.07, 6.45) is 0. The fourth-order valence-corrected chi connectivity index (χ4v) is 12.4. The fourth-order valence-electron chi connectivity index (χ4n) is 12.4. The van der Waals surface area contributed by atoms with E-state index < -0.39 is 11.9 Å². The lowest BCUT2D eigenvalue weighted by molar-refractivity contribution is 0.0391. The zero-order valence-electron chi connectivity index (χ0n) is 44.4. The first-order chi connectivity index (χ1) is 40.5. The van der Waals surface area contributed by atoms with Crippen LogP contribution >= 0.6 is 0 Å². The lowest BCUT2D eigenvalue weighted by Gasteiger charge is -2.27. The summed E-state index contributed by atoms with van der Waals surface area (Å²) >= 11 is 0. The Morgan fingerprint density at radius 1 is 0.207 bits per heavy atom. The number of para-hydroxylation sites is 6. The topological polar surface area (TPSA) is 53.1 Å². The Bertz CT molecular complexity index is 4440. The van der Waals surface area contributed by atoms with Crippen LogP contribution in [0, 0.1) is 0 Å². The second kappa shape index (κ2) is 20.0. The Labute approximate surface area is 474 Å². The molecule has 0 aromatic heterocycles. The number of benzene rings is 14. The summed E-state index contributed by atoms with van der Waals surface area (Å²) in [6, 6.07) is 104. The van der Waals surface area contributed by atoms with Crippen LogP contribution in [0.2, 0.25) is 0 Å². The van der Waals surface area contributed by atoms with Gasteiger partial charge in [0, 0.05) is 56.6 Å². The molecule has 0 fully saturated rings. The number of nitrogens with zero attached hydrogens (tertiary/aromatic N) is 3. The van der Waals surface area contributed by atoms with E-state index in [0.29, 0.717) is 16.5 Å². The van der Waals surface area contributed by atoms with Crippen molar-refractivity contribution >= 4 is 106 Å². The van der Waals surface area contributed by atoms with Gasteiger partial charge in [-0.25, -0.2) is 9.59 Å². The van der Waals surface area contributed by atoms with Crippen LogP contribution in [0.5, 0.6) is 0 Å². The second-order valence-corrected chi connectivity index (χ2v) is 20.7. The highest BCUT2D eigenvalue weighted by atomic mass is 16.6. The van der Waals surface area contributed by atoms with E-state index >= 15 is 0 Å². The summed E-state index contributed by atoms with van der Waals surface area (Å²) in [5.41, 5.74) is 16.2. The molecule has 14 aromatic rings. The third-order valence-corrected chi connectivity index (χ3v) is 16.0. The highest BCUT2D eigenvalue weighted by Gasteiger charge is 2.32. The molecule has 1 heterocycles. The number of hydrogen-bond donors (Lipinski definition) is 0. The van der Waals surface area contributed by atoms with Crippen LogP contribution in [0.1, 0.15) is 20.7 Å². The minimum atomic E-state index is -0.650. The monoisotopic (exact) mass is 1050 g/mol. The average molecular weight is 1050 g/mol. The predicted molar refractivity (Wildman–Crippen MR) is 338 cm³/mol. The molecule has 82 heavy (non-hydrogen) atoms. The van der Waals surface area contributed by atoms with Crippen LogP contribution in [-0.4, -0.2) is 11.9 Å². The van der Waals surface area contributed by atoms with Crippen molar-refractivity contribution < 1.29 is 14.3 Å². The minimum Gasteiger partial charge on any atom is -0.386 e. The number of cyclic esters (lactones) is 2. The molecule has 1 aliphatic rings. The lowest BCUT2D eigenvalue weighted by Crippen LogP contribution is -2.20. The number of esters is 2. The highest BCUT2D eigenvalue weighted by molar-refractivity contribution is 6.41. The molecule has 0 saturated carbocycles. The Balaban J connectivity index is 0.974. The number of carbonyl (C=O) groups excluding carboxylic acids is 2. The molecule has 6 heteroatoms. The van der Waals surface area contributed by atoms with Gasteiger partial charge in [0.25, 0.3) is 0 Å². The first kappa shape index (κ1) is 48.1. The summed E-state index contributed by atoms with van der Waals surface area (Å²) in [5.74, 6) is -1.29. The first-order valence-electron chi connectivity index (χ1n) is 27.6. The van der Waals surface area contributed by atoms with Crippen LogP contribution < -0.4 is 14.7 Å². The number of anilines is 9. The maximum Gasteiger partial charge on any atom is 0.346 e. The molecule has 0 unspecified atom stereocenters. The zero-order valence-corrected chi connectivity index (χ0v) is 44.4. The van der Waals surface area contributed by atoms with Gasteiger partial charge in [0.1, 0.15) is 0 Å². The SMILES string of the molecule is O=C1OC(=O)c2cc(-c3ccc(N(c4ccccc4)c4ccccc4)cc3)c3c4ccc(-c5ccc(N(c6ccccc6)c6ccccc6)cc5)c5c(-c6ccc(N(c7ccccc7)c7ccccc7)cc6)ccc(c6ccc1c2c63)c54. The summed E-state index contributed by atoms with van der Waals surface area (Å²) in [4.78, 5) is 34.6. The standard InChI is InChI=1S/C76H49N3O3/c80-75-67-48-46-65-64-45-43-62(50-31-37-59(38-32-50)77(53-19-7-1-8-20-53)54-21-9-2-10-22-54)70-63(51-33-39-60(40-34-51)78(55-23-11-3-12-24-55)56-25-13-4-14-26-56)44-47-66(71(64)70)72-68(49-69(76(81)82-75)73(67)74(65)72)52-35-41-61(42-36-52)79(57-27-15-5-16-28-57)58-29-17-6-18-30-58/h1-49H. The first-order valence-corrected chi connectivity index (χ1v) is 27.6. The van der Waals surface area contributed by atoms with Gasteiger partial charge >= 0.3 is 11.9 Å². The van der Waals surface area contributed by atoms with Crippen molar-refractivity contribution in [2.24, 2.45) is 0 Å². The number of carbonyl (C=O) groups is 2. The third kappa shape index (κ3) is 8.12. The molecule has 1 aliphatic heterocycles. The predicted octanol–water partition coefficient (Wildman–Crippen LogP) is 20.5. The van der Waals surface area contributed by atoms with Gasteiger partial charge in [0.2, 0.25) is 0 Å². The summed E-state index contributed by atoms with van der Waals surface area (Å²) in [5, 5.41) is 7.61. The van der Waals surface area contributed by atoms with Crippen molar-refractivity contribution in [1.29, 1.82) is 0 Å². The van der Waals surface area contributed by atoms with Crippen molar-refractivity contribution in [3.05, 3.63) is 308 Å². The quantitative estimate of drug-likeness (QED) is 0.0526. The summed E-state index contributed by atoms with van der Waals surface area (Å²) < 4.78 is 5.49. The van der Waals surface area contributed by atoms with Gasteiger partial charge in [-0.1, -0.05) is 176 Å². The minimum absolute atomic E-state index is 0.373. The van der Waals surface area contributed by atoms with Crippen molar-refractivity contribution in [1.82, 2.24) is 0 Å². The Kier molecular flexibility index (Phi) is 11.7. The molecular weight excluding hydrogens is 1000 g/mol. The highest BCUT2D eigenvalue weighted by Crippen LogP contribution is 2.52. The Morgan fingerprint density at radius 2 is 0.488 bits per heavy atom. The van der Waals surface area contributed by atoms with Gasteiger partial charge in [-0.3, -0.25) is 0 Å². The van der Waals surface area contributed by atoms with Gasteiger partial charge in [-0.2, -0.15) is 0 Å².